The fraction of sp³-hybridized carbons (Fsp3) is 0.562. The molecule has 1 saturated heterocycles. The number of carbonyl (C=O) groups is 1. The van der Waals surface area contributed by atoms with E-state index in [2.05, 4.69) is 5.32 Å². The number of fused-ring (bicyclic) bond motifs is 1. The molecule has 6 heteroatoms. The lowest BCUT2D eigenvalue weighted by atomic mass is 9.97. The Hall–Kier alpha value is -1.46. The number of halogens is 1. The largest absolute Gasteiger partial charge is 0.493 e. The number of methoxy groups -OCH3 is 2. The molecule has 3 rings (SSSR count). The number of ether oxygens (including phenoxy) is 2. The van der Waals surface area contributed by atoms with Gasteiger partial charge in [0.25, 0.3) is 0 Å². The maximum atomic E-state index is 12.5. The van der Waals surface area contributed by atoms with Gasteiger partial charge >= 0.3 is 0 Å². The van der Waals surface area contributed by atoms with Crippen molar-refractivity contribution in [2.45, 2.75) is 19.4 Å². The van der Waals surface area contributed by atoms with Crippen molar-refractivity contribution >= 4 is 18.3 Å². The molecule has 1 fully saturated rings. The summed E-state index contributed by atoms with van der Waals surface area (Å²) in [6, 6.07) is 4.04. The number of nitrogens with zero attached hydrogens (tertiary/aromatic N) is 1. The molecule has 5 nitrogen and oxygen atoms in total. The number of nitrogens with one attached hydrogen (secondary N) is 1. The average molecular weight is 327 g/mol. The lowest BCUT2D eigenvalue weighted by Gasteiger charge is -2.31. The quantitative estimate of drug-likeness (QED) is 0.917. The Morgan fingerprint density at radius 1 is 1.23 bits per heavy atom. The van der Waals surface area contributed by atoms with E-state index in [4.69, 9.17) is 9.47 Å². The summed E-state index contributed by atoms with van der Waals surface area (Å²) >= 11 is 0. The highest BCUT2D eigenvalue weighted by Crippen LogP contribution is 2.33. The first-order valence-electron chi connectivity index (χ1n) is 7.46. The molecule has 0 radical (unpaired) electrons. The van der Waals surface area contributed by atoms with E-state index in [0.29, 0.717) is 6.54 Å². The molecule has 2 aliphatic rings. The number of amides is 1. The average Bonchev–Trinajstić information content (AvgIpc) is 3.06. The van der Waals surface area contributed by atoms with Crippen LogP contribution in [0.1, 0.15) is 17.5 Å². The Balaban J connectivity index is 0.00000176. The second-order valence-electron chi connectivity index (χ2n) is 5.68. The van der Waals surface area contributed by atoms with E-state index in [1.54, 1.807) is 14.2 Å². The molecule has 0 aromatic heterocycles. The van der Waals surface area contributed by atoms with Gasteiger partial charge in [-0.2, -0.15) is 0 Å². The van der Waals surface area contributed by atoms with Gasteiger partial charge in [0.2, 0.25) is 5.91 Å². The smallest absolute Gasteiger partial charge is 0.227 e. The van der Waals surface area contributed by atoms with Crippen LogP contribution in [0.15, 0.2) is 12.1 Å². The number of carbonyl (C=O) groups excluding carboxylic acids is 1. The third kappa shape index (κ3) is 3.15. The van der Waals surface area contributed by atoms with Crippen molar-refractivity contribution in [3.63, 3.8) is 0 Å². The number of rotatable bonds is 3. The Bertz CT molecular complexity index is 544. The van der Waals surface area contributed by atoms with Crippen molar-refractivity contribution in [1.82, 2.24) is 10.2 Å². The molecule has 0 bridgehead atoms. The van der Waals surface area contributed by atoms with Crippen LogP contribution in [0.25, 0.3) is 0 Å². The first-order valence-corrected chi connectivity index (χ1v) is 7.46. The Morgan fingerprint density at radius 2 is 1.91 bits per heavy atom. The summed E-state index contributed by atoms with van der Waals surface area (Å²) < 4.78 is 10.7. The lowest BCUT2D eigenvalue weighted by Crippen LogP contribution is -2.40. The number of hydrogen-bond donors (Lipinski definition) is 1. The Labute approximate surface area is 137 Å². The van der Waals surface area contributed by atoms with E-state index in [1.807, 2.05) is 17.0 Å². The summed E-state index contributed by atoms with van der Waals surface area (Å²) in [5, 5.41) is 3.26. The Kier molecular flexibility index (Phi) is 5.53. The second-order valence-corrected chi connectivity index (χ2v) is 5.68. The van der Waals surface area contributed by atoms with Gasteiger partial charge in [-0.15, -0.1) is 12.4 Å². The molecule has 1 unspecified atom stereocenters. The van der Waals surface area contributed by atoms with Crippen LogP contribution in [0.4, 0.5) is 0 Å². The maximum Gasteiger partial charge on any atom is 0.227 e. The predicted molar refractivity (Wildman–Crippen MR) is 86.9 cm³/mol. The zero-order valence-corrected chi connectivity index (χ0v) is 13.9. The van der Waals surface area contributed by atoms with E-state index in [1.165, 1.54) is 11.1 Å². The minimum absolute atomic E-state index is 0. The van der Waals surface area contributed by atoms with Crippen molar-refractivity contribution < 1.29 is 14.3 Å². The van der Waals surface area contributed by atoms with Gasteiger partial charge in [-0.1, -0.05) is 0 Å². The molecule has 1 aromatic rings. The topological polar surface area (TPSA) is 50.8 Å². The zero-order chi connectivity index (χ0) is 14.8. The summed E-state index contributed by atoms with van der Waals surface area (Å²) in [7, 11) is 3.29. The van der Waals surface area contributed by atoms with Crippen LogP contribution in [-0.2, 0) is 17.8 Å². The highest BCUT2D eigenvalue weighted by molar-refractivity contribution is 5.85. The third-order valence-corrected chi connectivity index (χ3v) is 4.44. The van der Waals surface area contributed by atoms with E-state index in [-0.39, 0.29) is 24.2 Å². The molecule has 1 amide bonds. The van der Waals surface area contributed by atoms with Gasteiger partial charge in [0.1, 0.15) is 0 Å². The minimum atomic E-state index is 0. The summed E-state index contributed by atoms with van der Waals surface area (Å²) in [5.74, 6) is 1.91. The van der Waals surface area contributed by atoms with Gasteiger partial charge in [0, 0.05) is 19.6 Å². The van der Waals surface area contributed by atoms with Crippen LogP contribution >= 0.6 is 12.4 Å². The molecule has 2 aliphatic heterocycles. The van der Waals surface area contributed by atoms with Crippen LogP contribution in [0, 0.1) is 5.92 Å². The van der Waals surface area contributed by atoms with Gasteiger partial charge in [-0.3, -0.25) is 4.79 Å². The highest BCUT2D eigenvalue weighted by Gasteiger charge is 2.29. The van der Waals surface area contributed by atoms with Crippen LogP contribution in [0.2, 0.25) is 0 Å². The van der Waals surface area contributed by atoms with Gasteiger partial charge in [-0.05, 0) is 42.6 Å². The standard InChI is InChI=1S/C16H22N2O3.ClH/c1-20-14-7-11-4-6-18(10-13(11)8-15(14)21-2)16(19)12-3-5-17-9-12;/h7-8,12,17H,3-6,9-10H2,1-2H3;1H. The molecule has 0 aliphatic carbocycles. The van der Waals surface area contributed by atoms with E-state index in [9.17, 15) is 4.79 Å². The predicted octanol–water partition coefficient (Wildman–Crippen LogP) is 1.62. The molecule has 0 spiro atoms. The molecular formula is C16H23ClN2O3. The van der Waals surface area contributed by atoms with E-state index in [0.717, 1.165) is 44.0 Å². The fourth-order valence-corrected chi connectivity index (χ4v) is 3.19. The van der Waals surface area contributed by atoms with Crippen molar-refractivity contribution in [2.24, 2.45) is 5.92 Å². The van der Waals surface area contributed by atoms with Crippen molar-refractivity contribution in [2.75, 3.05) is 33.9 Å². The van der Waals surface area contributed by atoms with Gasteiger partial charge in [-0.25, -0.2) is 0 Å². The van der Waals surface area contributed by atoms with Gasteiger partial charge in [0.05, 0.1) is 20.1 Å². The third-order valence-electron chi connectivity index (χ3n) is 4.44. The molecule has 1 N–H and O–H groups in total. The van der Waals surface area contributed by atoms with Gasteiger partial charge < -0.3 is 19.7 Å². The lowest BCUT2D eigenvalue weighted by molar-refractivity contribution is -0.135. The SMILES string of the molecule is COc1cc2c(cc1OC)CN(C(=O)C1CCNC1)CC2.Cl. The monoisotopic (exact) mass is 326 g/mol. The molecule has 122 valence electrons. The maximum absolute atomic E-state index is 12.5. The summed E-state index contributed by atoms with van der Waals surface area (Å²) in [6.45, 7) is 3.23. The first-order chi connectivity index (χ1) is 10.2. The summed E-state index contributed by atoms with van der Waals surface area (Å²) in [6.07, 6.45) is 1.83. The zero-order valence-electron chi connectivity index (χ0n) is 13.1. The molecule has 0 saturated carbocycles. The fourth-order valence-electron chi connectivity index (χ4n) is 3.19. The number of hydrogen-bond acceptors (Lipinski definition) is 4. The first kappa shape index (κ1) is 16.9. The molecule has 2 heterocycles. The van der Waals surface area contributed by atoms with Crippen LogP contribution < -0.4 is 14.8 Å². The van der Waals surface area contributed by atoms with Crippen molar-refractivity contribution in [3.8, 4) is 11.5 Å². The Morgan fingerprint density at radius 3 is 2.50 bits per heavy atom. The van der Waals surface area contributed by atoms with Crippen LogP contribution in [0.5, 0.6) is 11.5 Å². The highest BCUT2D eigenvalue weighted by atomic mass is 35.5. The molecule has 22 heavy (non-hydrogen) atoms. The summed E-state index contributed by atoms with van der Waals surface area (Å²) in [5.41, 5.74) is 2.42. The van der Waals surface area contributed by atoms with Crippen LogP contribution in [-0.4, -0.2) is 44.7 Å². The number of benzene rings is 1. The van der Waals surface area contributed by atoms with Crippen molar-refractivity contribution in [3.05, 3.63) is 23.3 Å². The molecule has 1 atom stereocenters. The summed E-state index contributed by atoms with van der Waals surface area (Å²) in [4.78, 5) is 14.5. The van der Waals surface area contributed by atoms with E-state index < -0.39 is 0 Å². The minimum Gasteiger partial charge on any atom is -0.493 e. The van der Waals surface area contributed by atoms with Crippen LogP contribution in [0.3, 0.4) is 0 Å². The van der Waals surface area contributed by atoms with E-state index >= 15 is 0 Å². The van der Waals surface area contributed by atoms with Gasteiger partial charge in [0.15, 0.2) is 11.5 Å². The second kappa shape index (κ2) is 7.20. The molecule has 1 aromatic carbocycles. The molecular weight excluding hydrogens is 304 g/mol. The van der Waals surface area contributed by atoms with Crippen molar-refractivity contribution in [1.29, 1.82) is 0 Å². The normalized spacial score (nSPS) is 20.1.